The van der Waals surface area contributed by atoms with E-state index in [9.17, 15) is 9.59 Å². The average Bonchev–Trinajstić information content (AvgIpc) is 2.57. The highest BCUT2D eigenvalue weighted by atomic mass is 16.5. The monoisotopic (exact) mass is 309 g/mol. The molecule has 2 aromatic carbocycles. The minimum absolute atomic E-state index is 0.0501. The molecular formula is C17H15N3O3. The third-order valence-corrected chi connectivity index (χ3v) is 3.64. The number of fused-ring (bicyclic) bond motifs is 1. The van der Waals surface area contributed by atoms with Crippen molar-refractivity contribution in [3.05, 3.63) is 63.9 Å². The lowest BCUT2D eigenvalue weighted by Gasteiger charge is -2.11. The highest BCUT2D eigenvalue weighted by Gasteiger charge is 2.11. The number of benzene rings is 2. The number of nitrogens with zero attached hydrogens (tertiary/aromatic N) is 3. The van der Waals surface area contributed by atoms with Gasteiger partial charge in [-0.1, -0.05) is 17.3 Å². The van der Waals surface area contributed by atoms with Gasteiger partial charge in [0.05, 0.1) is 19.0 Å². The molecule has 0 saturated heterocycles. The Hall–Kier alpha value is -3.02. The zero-order valence-electron chi connectivity index (χ0n) is 12.8. The second kappa shape index (κ2) is 6.00. The molecule has 0 spiro atoms. The summed E-state index contributed by atoms with van der Waals surface area (Å²) in [6.45, 7) is 1.68. The van der Waals surface area contributed by atoms with Gasteiger partial charge in [-0.05, 0) is 37.3 Å². The van der Waals surface area contributed by atoms with Gasteiger partial charge in [0.1, 0.15) is 11.3 Å². The molecule has 1 aromatic heterocycles. The van der Waals surface area contributed by atoms with Gasteiger partial charge in [-0.2, -0.15) is 0 Å². The molecule has 3 rings (SSSR count). The lowest BCUT2D eigenvalue weighted by Crippen LogP contribution is -2.25. The first kappa shape index (κ1) is 14.9. The first-order valence-electron chi connectivity index (χ1n) is 7.10. The van der Waals surface area contributed by atoms with Gasteiger partial charge in [-0.3, -0.25) is 9.59 Å². The fraction of sp³-hybridized carbons (Fsp3) is 0.176. The number of methoxy groups -OCH3 is 1. The molecular weight excluding hydrogens is 294 g/mol. The highest BCUT2D eigenvalue weighted by Crippen LogP contribution is 2.21. The van der Waals surface area contributed by atoms with Crippen LogP contribution in [0.1, 0.15) is 22.8 Å². The first-order valence-corrected chi connectivity index (χ1v) is 7.10. The van der Waals surface area contributed by atoms with Crippen molar-refractivity contribution < 1.29 is 9.53 Å². The Morgan fingerprint density at radius 3 is 2.74 bits per heavy atom. The van der Waals surface area contributed by atoms with Crippen LogP contribution in [0.5, 0.6) is 5.75 Å². The number of ether oxygens (including phenoxy) is 1. The summed E-state index contributed by atoms with van der Waals surface area (Å²) >= 11 is 0. The van der Waals surface area contributed by atoms with E-state index in [-0.39, 0.29) is 17.9 Å². The molecule has 0 aliphatic rings. The van der Waals surface area contributed by atoms with Gasteiger partial charge in [0.25, 0.3) is 5.56 Å². The van der Waals surface area contributed by atoms with E-state index in [4.69, 9.17) is 4.74 Å². The van der Waals surface area contributed by atoms with Crippen molar-refractivity contribution in [1.29, 1.82) is 0 Å². The summed E-state index contributed by atoms with van der Waals surface area (Å²) in [5.74, 6) is 0.544. The lowest BCUT2D eigenvalue weighted by molar-refractivity contribution is 0.101. The number of carbonyl (C=O) groups excluding carboxylic acids is 1. The minimum atomic E-state index is -0.231. The van der Waals surface area contributed by atoms with E-state index in [0.717, 1.165) is 0 Å². The maximum atomic E-state index is 12.5. The third-order valence-electron chi connectivity index (χ3n) is 3.64. The summed E-state index contributed by atoms with van der Waals surface area (Å²) < 4.78 is 6.57. The molecule has 1 heterocycles. The largest absolute Gasteiger partial charge is 0.496 e. The number of aromatic nitrogens is 3. The van der Waals surface area contributed by atoms with Gasteiger partial charge in [-0.25, -0.2) is 4.68 Å². The quantitative estimate of drug-likeness (QED) is 0.690. The van der Waals surface area contributed by atoms with Crippen LogP contribution < -0.4 is 10.3 Å². The molecule has 0 N–H and O–H groups in total. The van der Waals surface area contributed by atoms with Crippen LogP contribution in [0.3, 0.4) is 0 Å². The van der Waals surface area contributed by atoms with E-state index >= 15 is 0 Å². The van der Waals surface area contributed by atoms with Crippen molar-refractivity contribution >= 4 is 16.7 Å². The van der Waals surface area contributed by atoms with Crippen LogP contribution >= 0.6 is 0 Å². The molecule has 23 heavy (non-hydrogen) atoms. The summed E-state index contributed by atoms with van der Waals surface area (Å²) in [5.41, 5.74) is 1.58. The van der Waals surface area contributed by atoms with Gasteiger partial charge in [-0.15, -0.1) is 5.10 Å². The van der Waals surface area contributed by atoms with E-state index < -0.39 is 0 Å². The molecule has 0 saturated carbocycles. The summed E-state index contributed by atoms with van der Waals surface area (Å²) in [5, 5.41) is 8.53. The van der Waals surface area contributed by atoms with Gasteiger partial charge in [0, 0.05) is 11.1 Å². The second-order valence-electron chi connectivity index (χ2n) is 5.15. The standard InChI is InChI=1S/C17H15N3O3/c1-11(21)12-7-8-16(23-2)13(9-12)10-20-17(22)14-5-3-4-6-15(14)18-19-20/h3-9H,10H2,1-2H3. The van der Waals surface area contributed by atoms with Crippen LogP contribution in [-0.4, -0.2) is 27.9 Å². The fourth-order valence-corrected chi connectivity index (χ4v) is 2.41. The van der Waals surface area contributed by atoms with E-state index in [1.165, 1.54) is 11.6 Å². The van der Waals surface area contributed by atoms with Gasteiger partial charge < -0.3 is 4.74 Å². The number of hydrogen-bond donors (Lipinski definition) is 0. The van der Waals surface area contributed by atoms with Crippen LogP contribution in [0.15, 0.2) is 47.3 Å². The van der Waals surface area contributed by atoms with Crippen molar-refractivity contribution in [3.63, 3.8) is 0 Å². The second-order valence-corrected chi connectivity index (χ2v) is 5.15. The van der Waals surface area contributed by atoms with Crippen molar-refractivity contribution in [2.45, 2.75) is 13.5 Å². The number of ketones is 1. The van der Waals surface area contributed by atoms with Gasteiger partial charge in [0.2, 0.25) is 0 Å². The molecule has 116 valence electrons. The Morgan fingerprint density at radius 2 is 2.00 bits per heavy atom. The SMILES string of the molecule is COc1ccc(C(C)=O)cc1Cn1nnc2ccccc2c1=O. The van der Waals surface area contributed by atoms with Crippen molar-refractivity contribution in [2.24, 2.45) is 0 Å². The Bertz CT molecular complexity index is 947. The molecule has 0 radical (unpaired) electrons. The summed E-state index contributed by atoms with van der Waals surface area (Å²) in [6.07, 6.45) is 0. The average molecular weight is 309 g/mol. The molecule has 6 heteroatoms. The Morgan fingerprint density at radius 1 is 1.22 bits per heavy atom. The number of rotatable bonds is 4. The lowest BCUT2D eigenvalue weighted by atomic mass is 10.1. The molecule has 6 nitrogen and oxygen atoms in total. The maximum absolute atomic E-state index is 12.5. The molecule has 0 aliphatic carbocycles. The molecule has 0 bridgehead atoms. The van der Waals surface area contributed by atoms with E-state index in [1.807, 2.05) is 0 Å². The minimum Gasteiger partial charge on any atom is -0.496 e. The molecule has 0 fully saturated rings. The van der Waals surface area contributed by atoms with Crippen LogP contribution in [0.2, 0.25) is 0 Å². The van der Waals surface area contributed by atoms with E-state index in [2.05, 4.69) is 10.3 Å². The molecule has 3 aromatic rings. The van der Waals surface area contributed by atoms with Crippen LogP contribution in [0, 0.1) is 0 Å². The van der Waals surface area contributed by atoms with Crippen molar-refractivity contribution in [2.75, 3.05) is 7.11 Å². The number of carbonyl (C=O) groups is 1. The smallest absolute Gasteiger partial charge is 0.277 e. The van der Waals surface area contributed by atoms with Gasteiger partial charge in [0.15, 0.2) is 5.78 Å². The van der Waals surface area contributed by atoms with E-state index in [0.29, 0.717) is 27.8 Å². The predicted octanol–water partition coefficient (Wildman–Crippen LogP) is 2.05. The Kier molecular flexibility index (Phi) is 3.89. The summed E-state index contributed by atoms with van der Waals surface area (Å²) in [7, 11) is 1.54. The first-order chi connectivity index (χ1) is 11.1. The van der Waals surface area contributed by atoms with Crippen molar-refractivity contribution in [3.8, 4) is 5.75 Å². The molecule has 0 aliphatic heterocycles. The van der Waals surface area contributed by atoms with Gasteiger partial charge >= 0.3 is 0 Å². The molecule has 0 amide bonds. The number of hydrogen-bond acceptors (Lipinski definition) is 5. The fourth-order valence-electron chi connectivity index (χ4n) is 2.41. The van der Waals surface area contributed by atoms with E-state index in [1.54, 1.807) is 49.6 Å². The zero-order valence-corrected chi connectivity index (χ0v) is 12.8. The van der Waals surface area contributed by atoms with Crippen LogP contribution in [-0.2, 0) is 6.54 Å². The van der Waals surface area contributed by atoms with Crippen molar-refractivity contribution in [1.82, 2.24) is 15.0 Å². The molecule has 0 atom stereocenters. The summed E-state index contributed by atoms with van der Waals surface area (Å²) in [4.78, 5) is 24.1. The topological polar surface area (TPSA) is 74.1 Å². The number of Topliss-reactive ketones (excluding diaryl/α,β-unsaturated/α-hetero) is 1. The maximum Gasteiger partial charge on any atom is 0.277 e. The normalized spacial score (nSPS) is 10.7. The highest BCUT2D eigenvalue weighted by molar-refractivity contribution is 5.94. The molecule has 0 unspecified atom stereocenters. The predicted molar refractivity (Wildman–Crippen MR) is 85.9 cm³/mol. The summed E-state index contributed by atoms with van der Waals surface area (Å²) in [6, 6.07) is 12.2. The van der Waals surface area contributed by atoms with Crippen LogP contribution in [0.4, 0.5) is 0 Å². The third kappa shape index (κ3) is 2.83. The van der Waals surface area contributed by atoms with Crippen LogP contribution in [0.25, 0.3) is 10.9 Å². The zero-order chi connectivity index (χ0) is 16.4. The Balaban J connectivity index is 2.08. The Labute approximate surface area is 132 Å².